The first-order valence-electron chi connectivity index (χ1n) is 4.74. The second-order valence-electron chi connectivity index (χ2n) is 3.76. The maximum Gasteiger partial charge on any atom is 0.133 e. The van der Waals surface area contributed by atoms with Crippen molar-refractivity contribution in [3.05, 3.63) is 35.1 Å². The molecule has 1 aliphatic carbocycles. The molecule has 1 fully saturated rings. The van der Waals surface area contributed by atoms with Gasteiger partial charge in [-0.3, -0.25) is 11.3 Å². The van der Waals surface area contributed by atoms with Gasteiger partial charge in [0.2, 0.25) is 0 Å². The van der Waals surface area contributed by atoms with E-state index in [9.17, 15) is 13.2 Å². The third-order valence-corrected chi connectivity index (χ3v) is 2.63. The van der Waals surface area contributed by atoms with Gasteiger partial charge in [0.15, 0.2) is 0 Å². The van der Waals surface area contributed by atoms with Crippen LogP contribution in [0.5, 0.6) is 0 Å². The Morgan fingerprint density at radius 1 is 1.20 bits per heavy atom. The maximum absolute atomic E-state index is 13.4. The van der Waals surface area contributed by atoms with Crippen LogP contribution in [0.1, 0.15) is 24.4 Å². The van der Waals surface area contributed by atoms with Crippen LogP contribution in [0.4, 0.5) is 13.2 Å². The molecule has 1 aliphatic rings. The van der Waals surface area contributed by atoms with Crippen molar-refractivity contribution in [1.82, 2.24) is 5.43 Å². The predicted octanol–water partition coefficient (Wildman–Crippen LogP) is 2.02. The molecule has 1 saturated carbocycles. The molecule has 0 heterocycles. The Balaban J connectivity index is 2.40. The molecule has 5 heteroatoms. The van der Waals surface area contributed by atoms with E-state index in [-0.39, 0.29) is 11.5 Å². The third kappa shape index (κ3) is 1.98. The molecule has 3 N–H and O–H groups in total. The monoisotopic (exact) mass is 216 g/mol. The molecule has 0 aliphatic heterocycles. The minimum absolute atomic E-state index is 0.143. The highest BCUT2D eigenvalue weighted by Gasteiger charge is 2.35. The van der Waals surface area contributed by atoms with E-state index in [1.165, 1.54) is 0 Å². The van der Waals surface area contributed by atoms with Crippen LogP contribution in [0.3, 0.4) is 0 Å². The van der Waals surface area contributed by atoms with Crippen LogP contribution in [-0.2, 0) is 0 Å². The van der Waals surface area contributed by atoms with Gasteiger partial charge in [-0.2, -0.15) is 0 Å². The number of hydrazine groups is 1. The van der Waals surface area contributed by atoms with Crippen molar-refractivity contribution >= 4 is 0 Å². The minimum Gasteiger partial charge on any atom is -0.271 e. The number of nitrogens with two attached hydrogens (primary N) is 1. The highest BCUT2D eigenvalue weighted by molar-refractivity contribution is 5.25. The lowest BCUT2D eigenvalue weighted by atomic mass is 10.0. The van der Waals surface area contributed by atoms with Crippen LogP contribution in [0.15, 0.2) is 12.1 Å². The summed E-state index contributed by atoms with van der Waals surface area (Å²) in [5.74, 6) is 2.70. The molecule has 0 radical (unpaired) electrons. The molecule has 1 atom stereocenters. The summed E-state index contributed by atoms with van der Waals surface area (Å²) in [6.07, 6.45) is 1.76. The van der Waals surface area contributed by atoms with Crippen LogP contribution in [-0.4, -0.2) is 0 Å². The molecule has 1 aromatic rings. The summed E-state index contributed by atoms with van der Waals surface area (Å²) in [5.41, 5.74) is 2.21. The van der Waals surface area contributed by atoms with Gasteiger partial charge < -0.3 is 0 Å². The van der Waals surface area contributed by atoms with Gasteiger partial charge >= 0.3 is 0 Å². The first-order chi connectivity index (χ1) is 7.13. The molecular weight excluding hydrogens is 205 g/mol. The molecule has 0 saturated heterocycles. The molecule has 82 valence electrons. The Labute approximate surface area is 85.2 Å². The van der Waals surface area contributed by atoms with Crippen LogP contribution in [0, 0.1) is 23.4 Å². The van der Waals surface area contributed by atoms with E-state index in [1.807, 2.05) is 0 Å². The molecule has 2 nitrogen and oxygen atoms in total. The van der Waals surface area contributed by atoms with E-state index in [0.29, 0.717) is 12.1 Å². The molecule has 1 unspecified atom stereocenters. The van der Waals surface area contributed by atoms with E-state index < -0.39 is 23.5 Å². The zero-order valence-electron chi connectivity index (χ0n) is 7.93. The Morgan fingerprint density at radius 2 is 1.73 bits per heavy atom. The molecule has 0 bridgehead atoms. The number of hydrogen-bond acceptors (Lipinski definition) is 2. The summed E-state index contributed by atoms with van der Waals surface area (Å²) in [6, 6.07) is 0.779. The second-order valence-corrected chi connectivity index (χ2v) is 3.76. The maximum atomic E-state index is 13.4. The lowest BCUT2D eigenvalue weighted by Crippen LogP contribution is -2.31. The quantitative estimate of drug-likeness (QED) is 0.599. The number of halogens is 3. The van der Waals surface area contributed by atoms with Crippen LogP contribution < -0.4 is 11.3 Å². The fraction of sp³-hybridized carbons (Fsp3) is 0.400. The first-order valence-corrected chi connectivity index (χ1v) is 4.74. The Bertz CT molecular complexity index is 354. The number of nitrogens with one attached hydrogen (secondary N) is 1. The van der Waals surface area contributed by atoms with E-state index in [0.717, 1.165) is 12.8 Å². The summed E-state index contributed by atoms with van der Waals surface area (Å²) < 4.78 is 39.4. The molecule has 0 spiro atoms. The Kier molecular flexibility index (Phi) is 2.67. The molecule has 1 aromatic carbocycles. The predicted molar refractivity (Wildman–Crippen MR) is 49.1 cm³/mol. The molecular formula is C10H11F3N2. The number of hydrogen-bond donors (Lipinski definition) is 2. The average Bonchev–Trinajstić information content (AvgIpc) is 2.94. The van der Waals surface area contributed by atoms with Crippen molar-refractivity contribution in [2.24, 2.45) is 11.8 Å². The van der Waals surface area contributed by atoms with Crippen molar-refractivity contribution in [1.29, 1.82) is 0 Å². The largest absolute Gasteiger partial charge is 0.271 e. The zero-order chi connectivity index (χ0) is 11.0. The summed E-state index contributed by atoms with van der Waals surface area (Å²) in [7, 11) is 0. The summed E-state index contributed by atoms with van der Waals surface area (Å²) in [4.78, 5) is 0. The minimum atomic E-state index is -0.916. The van der Waals surface area contributed by atoms with E-state index in [4.69, 9.17) is 5.84 Å². The van der Waals surface area contributed by atoms with Gasteiger partial charge in [0.1, 0.15) is 17.5 Å². The summed E-state index contributed by atoms with van der Waals surface area (Å²) >= 11 is 0. The summed E-state index contributed by atoms with van der Waals surface area (Å²) in [6.45, 7) is 0. The second kappa shape index (κ2) is 3.83. The van der Waals surface area contributed by atoms with Gasteiger partial charge in [0, 0.05) is 17.7 Å². The van der Waals surface area contributed by atoms with Crippen molar-refractivity contribution in [3.8, 4) is 0 Å². The van der Waals surface area contributed by atoms with Crippen molar-refractivity contribution in [2.45, 2.75) is 18.9 Å². The fourth-order valence-corrected chi connectivity index (χ4v) is 1.74. The van der Waals surface area contributed by atoms with E-state index in [1.54, 1.807) is 0 Å². The standard InChI is InChI=1S/C10H11F3N2/c11-6-3-7(12)9(8(13)4-6)10(15-14)5-1-2-5/h3-5,10,15H,1-2,14H2. The van der Waals surface area contributed by atoms with Gasteiger partial charge in [-0.1, -0.05) is 0 Å². The highest BCUT2D eigenvalue weighted by Crippen LogP contribution is 2.42. The lowest BCUT2D eigenvalue weighted by molar-refractivity contribution is 0.433. The van der Waals surface area contributed by atoms with Crippen molar-refractivity contribution in [2.75, 3.05) is 0 Å². The van der Waals surface area contributed by atoms with Gasteiger partial charge in [-0.25, -0.2) is 13.2 Å². The molecule has 0 amide bonds. The fourth-order valence-electron chi connectivity index (χ4n) is 1.74. The Hall–Kier alpha value is -1.07. The van der Waals surface area contributed by atoms with Crippen molar-refractivity contribution < 1.29 is 13.2 Å². The molecule has 2 rings (SSSR count). The average molecular weight is 216 g/mol. The number of rotatable bonds is 3. The van der Waals surface area contributed by atoms with E-state index >= 15 is 0 Å². The SMILES string of the molecule is NNC(c1c(F)cc(F)cc1F)C1CC1. The molecule has 0 aromatic heterocycles. The van der Waals surface area contributed by atoms with Gasteiger partial charge in [-0.05, 0) is 18.8 Å². The Morgan fingerprint density at radius 3 is 2.13 bits per heavy atom. The smallest absolute Gasteiger partial charge is 0.133 e. The van der Waals surface area contributed by atoms with E-state index in [2.05, 4.69) is 5.43 Å². The van der Waals surface area contributed by atoms with Crippen molar-refractivity contribution in [3.63, 3.8) is 0 Å². The van der Waals surface area contributed by atoms with Gasteiger partial charge in [0.25, 0.3) is 0 Å². The zero-order valence-corrected chi connectivity index (χ0v) is 7.93. The van der Waals surface area contributed by atoms with Gasteiger partial charge in [0.05, 0.1) is 6.04 Å². The lowest BCUT2D eigenvalue weighted by Gasteiger charge is -2.16. The summed E-state index contributed by atoms with van der Waals surface area (Å²) in [5, 5.41) is 0. The first kappa shape index (κ1) is 10.4. The van der Waals surface area contributed by atoms with Crippen LogP contribution in [0.25, 0.3) is 0 Å². The third-order valence-electron chi connectivity index (χ3n) is 2.63. The van der Waals surface area contributed by atoms with Crippen LogP contribution >= 0.6 is 0 Å². The van der Waals surface area contributed by atoms with Crippen LogP contribution in [0.2, 0.25) is 0 Å². The topological polar surface area (TPSA) is 38.0 Å². The number of benzene rings is 1. The highest BCUT2D eigenvalue weighted by atomic mass is 19.1. The molecule has 15 heavy (non-hydrogen) atoms. The normalized spacial score (nSPS) is 17.9. The van der Waals surface area contributed by atoms with Gasteiger partial charge in [-0.15, -0.1) is 0 Å².